The van der Waals surface area contributed by atoms with Crippen LogP contribution in [0.25, 0.3) is 11.4 Å². The van der Waals surface area contributed by atoms with Crippen molar-refractivity contribution in [2.75, 3.05) is 0 Å². The summed E-state index contributed by atoms with van der Waals surface area (Å²) in [6.45, 7) is 2.03. The van der Waals surface area contributed by atoms with Gasteiger partial charge in [-0.15, -0.1) is 0 Å². The highest BCUT2D eigenvalue weighted by Crippen LogP contribution is 2.24. The highest BCUT2D eigenvalue weighted by molar-refractivity contribution is 5.58. The average Bonchev–Trinajstić information content (AvgIpc) is 2.92. The van der Waals surface area contributed by atoms with E-state index in [0.717, 1.165) is 12.0 Å². The molecule has 0 radical (unpaired) electrons. The van der Waals surface area contributed by atoms with Gasteiger partial charge in [0, 0.05) is 0 Å². The maximum atomic E-state index is 11.0. The fourth-order valence-corrected chi connectivity index (χ4v) is 2.03. The second kappa shape index (κ2) is 4.14. The van der Waals surface area contributed by atoms with E-state index >= 15 is 0 Å². The molecule has 1 atom stereocenters. The fourth-order valence-electron chi connectivity index (χ4n) is 2.03. The van der Waals surface area contributed by atoms with Crippen LogP contribution >= 0.6 is 0 Å². The lowest BCUT2D eigenvalue weighted by Gasteiger charge is -2.14. The third-order valence-corrected chi connectivity index (χ3v) is 2.85. The molecule has 0 aliphatic heterocycles. The van der Waals surface area contributed by atoms with Gasteiger partial charge in [-0.05, 0) is 12.0 Å². The lowest BCUT2D eigenvalue weighted by atomic mass is 10.1. The van der Waals surface area contributed by atoms with Crippen LogP contribution in [0.15, 0.2) is 44.0 Å². The number of hydrogen-bond donors (Lipinski definition) is 0. The standard InChI is InChI=1S/C12H11N3O3/c1-2-9(8-6-4-3-5-7-8)15-11-10(13-14-15)17-12(16)18-11/h3-7,9H,2H2,1H3. The Hall–Kier alpha value is -2.37. The second-order valence-electron chi connectivity index (χ2n) is 3.93. The predicted octanol–water partition coefficient (Wildman–Crippen LogP) is 1.98. The van der Waals surface area contributed by atoms with Crippen LogP contribution < -0.4 is 5.82 Å². The molecule has 1 unspecified atom stereocenters. The molecule has 6 heteroatoms. The molecule has 0 fully saturated rings. The number of aromatic nitrogens is 3. The Morgan fingerprint density at radius 1 is 1.28 bits per heavy atom. The van der Waals surface area contributed by atoms with Crippen LogP contribution in [-0.2, 0) is 0 Å². The Kier molecular flexibility index (Phi) is 2.47. The van der Waals surface area contributed by atoms with Crippen molar-refractivity contribution in [3.8, 4) is 0 Å². The summed E-state index contributed by atoms with van der Waals surface area (Å²) in [5.41, 5.74) is 1.49. The minimum absolute atomic E-state index is 0.0306. The molecular weight excluding hydrogens is 234 g/mol. The highest BCUT2D eigenvalue weighted by atomic mass is 16.6. The van der Waals surface area contributed by atoms with Gasteiger partial charge in [0.1, 0.15) is 0 Å². The SMILES string of the molecule is CCC(c1ccccc1)n1nnc2oc(=O)oc21. The van der Waals surface area contributed by atoms with Crippen molar-refractivity contribution in [2.24, 2.45) is 0 Å². The first-order valence-corrected chi connectivity index (χ1v) is 5.69. The van der Waals surface area contributed by atoms with Gasteiger partial charge in [-0.1, -0.05) is 47.6 Å². The van der Waals surface area contributed by atoms with Gasteiger partial charge in [-0.25, -0.2) is 9.48 Å². The van der Waals surface area contributed by atoms with Crippen LogP contribution in [0.4, 0.5) is 0 Å². The van der Waals surface area contributed by atoms with Crippen LogP contribution in [0.2, 0.25) is 0 Å². The van der Waals surface area contributed by atoms with Crippen LogP contribution in [0.3, 0.4) is 0 Å². The molecule has 0 aliphatic rings. The van der Waals surface area contributed by atoms with Gasteiger partial charge >= 0.3 is 11.5 Å². The van der Waals surface area contributed by atoms with Gasteiger partial charge in [0.2, 0.25) is 0 Å². The molecule has 92 valence electrons. The van der Waals surface area contributed by atoms with E-state index in [4.69, 9.17) is 8.83 Å². The zero-order valence-corrected chi connectivity index (χ0v) is 9.74. The summed E-state index contributed by atoms with van der Waals surface area (Å²) in [6.07, 6.45) is 0.803. The van der Waals surface area contributed by atoms with Crippen molar-refractivity contribution in [2.45, 2.75) is 19.4 Å². The molecule has 0 aliphatic carbocycles. The monoisotopic (exact) mass is 245 g/mol. The average molecular weight is 245 g/mol. The lowest BCUT2D eigenvalue weighted by Crippen LogP contribution is -2.11. The van der Waals surface area contributed by atoms with Crippen LogP contribution in [0.1, 0.15) is 24.9 Å². The summed E-state index contributed by atoms with van der Waals surface area (Å²) in [5.74, 6) is -0.758. The Labute approximate surface area is 102 Å². The summed E-state index contributed by atoms with van der Waals surface area (Å²) in [7, 11) is 0. The molecule has 3 rings (SSSR count). The Morgan fingerprint density at radius 2 is 2.06 bits per heavy atom. The Balaban J connectivity index is 2.14. The molecule has 2 aromatic heterocycles. The molecule has 2 heterocycles. The summed E-state index contributed by atoms with van der Waals surface area (Å²) in [4.78, 5) is 11.0. The molecule has 18 heavy (non-hydrogen) atoms. The number of rotatable bonds is 3. The van der Waals surface area contributed by atoms with Gasteiger partial charge in [0.25, 0.3) is 5.71 Å². The zero-order valence-electron chi connectivity index (χ0n) is 9.74. The molecule has 0 saturated carbocycles. The van der Waals surface area contributed by atoms with Crippen LogP contribution in [-0.4, -0.2) is 15.0 Å². The van der Waals surface area contributed by atoms with Crippen LogP contribution in [0, 0.1) is 0 Å². The number of fused-ring (bicyclic) bond motifs is 1. The first-order chi connectivity index (χ1) is 8.79. The summed E-state index contributed by atoms with van der Waals surface area (Å²) in [5, 5.41) is 7.77. The van der Waals surface area contributed by atoms with Gasteiger partial charge in [0.05, 0.1) is 6.04 Å². The number of hydrogen-bond acceptors (Lipinski definition) is 5. The molecular formula is C12H11N3O3. The minimum atomic E-state index is -0.758. The van der Waals surface area contributed by atoms with E-state index in [1.54, 1.807) is 4.68 Å². The first-order valence-electron chi connectivity index (χ1n) is 5.69. The minimum Gasteiger partial charge on any atom is -0.370 e. The molecule has 0 bridgehead atoms. The zero-order chi connectivity index (χ0) is 12.5. The quantitative estimate of drug-likeness (QED) is 0.705. The van der Waals surface area contributed by atoms with Gasteiger partial charge < -0.3 is 8.83 Å². The lowest BCUT2D eigenvalue weighted by molar-refractivity contribution is 0.376. The molecule has 0 spiro atoms. The van der Waals surface area contributed by atoms with Gasteiger partial charge in [0.15, 0.2) is 0 Å². The molecule has 1 aromatic carbocycles. The van der Waals surface area contributed by atoms with Crippen LogP contribution in [0.5, 0.6) is 0 Å². The summed E-state index contributed by atoms with van der Waals surface area (Å²) >= 11 is 0. The second-order valence-corrected chi connectivity index (χ2v) is 3.93. The van der Waals surface area contributed by atoms with Crippen molar-refractivity contribution < 1.29 is 8.83 Å². The third-order valence-electron chi connectivity index (χ3n) is 2.85. The van der Waals surface area contributed by atoms with Crippen molar-refractivity contribution in [3.63, 3.8) is 0 Å². The Morgan fingerprint density at radius 3 is 2.78 bits per heavy atom. The highest BCUT2D eigenvalue weighted by Gasteiger charge is 2.20. The number of benzene rings is 1. The normalized spacial score (nSPS) is 12.9. The summed E-state index contributed by atoms with van der Waals surface area (Å²) in [6, 6.07) is 9.83. The fraction of sp³-hybridized carbons (Fsp3) is 0.250. The summed E-state index contributed by atoms with van der Waals surface area (Å²) < 4.78 is 11.3. The van der Waals surface area contributed by atoms with Gasteiger partial charge in [-0.2, -0.15) is 0 Å². The maximum absolute atomic E-state index is 11.0. The van der Waals surface area contributed by atoms with Crippen molar-refractivity contribution in [1.29, 1.82) is 0 Å². The third kappa shape index (κ3) is 1.62. The van der Waals surface area contributed by atoms with E-state index in [1.807, 2.05) is 37.3 Å². The van der Waals surface area contributed by atoms with E-state index in [1.165, 1.54) is 0 Å². The maximum Gasteiger partial charge on any atom is 0.522 e. The molecule has 6 nitrogen and oxygen atoms in total. The molecule has 0 N–H and O–H groups in total. The van der Waals surface area contributed by atoms with Crippen molar-refractivity contribution in [1.82, 2.24) is 15.0 Å². The van der Waals surface area contributed by atoms with E-state index in [2.05, 4.69) is 10.3 Å². The van der Waals surface area contributed by atoms with E-state index in [-0.39, 0.29) is 17.5 Å². The van der Waals surface area contributed by atoms with Gasteiger partial charge in [-0.3, -0.25) is 0 Å². The van der Waals surface area contributed by atoms with Crippen molar-refractivity contribution in [3.05, 3.63) is 46.5 Å². The topological polar surface area (TPSA) is 74.1 Å². The predicted molar refractivity (Wildman–Crippen MR) is 63.2 cm³/mol. The van der Waals surface area contributed by atoms with E-state index in [0.29, 0.717) is 0 Å². The first kappa shape index (κ1) is 10.8. The van der Waals surface area contributed by atoms with E-state index in [9.17, 15) is 4.79 Å². The molecule has 3 aromatic rings. The van der Waals surface area contributed by atoms with E-state index < -0.39 is 5.82 Å². The largest absolute Gasteiger partial charge is 0.522 e. The molecule has 0 saturated heterocycles. The number of nitrogens with zero attached hydrogens (tertiary/aromatic N) is 3. The van der Waals surface area contributed by atoms with Crippen molar-refractivity contribution >= 4 is 11.4 Å². The molecule has 0 amide bonds. The smallest absolute Gasteiger partial charge is 0.370 e. The Bertz CT molecular complexity index is 711.